The van der Waals surface area contributed by atoms with E-state index in [9.17, 15) is 4.79 Å². The van der Waals surface area contributed by atoms with Crippen LogP contribution in [0.15, 0.2) is 35.5 Å². The van der Waals surface area contributed by atoms with E-state index in [0.717, 1.165) is 18.5 Å². The molecule has 2 aromatic rings. The van der Waals surface area contributed by atoms with Crippen molar-refractivity contribution in [3.05, 3.63) is 46.6 Å². The summed E-state index contributed by atoms with van der Waals surface area (Å²) >= 11 is 0. The Morgan fingerprint density at radius 3 is 2.89 bits per heavy atom. The maximum Gasteiger partial charge on any atom is 0.292 e. The molecule has 0 unspecified atom stereocenters. The molecule has 5 heteroatoms. The average molecular weight is 247 g/mol. The first-order valence-electron chi connectivity index (χ1n) is 5.93. The number of methoxy groups -OCH3 is 1. The summed E-state index contributed by atoms with van der Waals surface area (Å²) in [6, 6.07) is 3.49. The molecular formula is C13H17N3O2. The average Bonchev–Trinajstić information content (AvgIpc) is 2.77. The van der Waals surface area contributed by atoms with Gasteiger partial charge in [0, 0.05) is 25.5 Å². The number of hydrogen-bond donors (Lipinski definition) is 0. The minimum atomic E-state index is -0.0864. The minimum Gasteiger partial charge on any atom is -0.491 e. The normalized spacial score (nSPS) is 10.6. The van der Waals surface area contributed by atoms with Crippen LogP contribution >= 0.6 is 0 Å². The SMILES string of the molecule is COc1cccn(CCCn2cc(C)cn2)c1=O. The lowest BCUT2D eigenvalue weighted by Gasteiger charge is -2.07. The van der Waals surface area contributed by atoms with Crippen molar-refractivity contribution in [3.63, 3.8) is 0 Å². The van der Waals surface area contributed by atoms with Gasteiger partial charge in [0.1, 0.15) is 0 Å². The van der Waals surface area contributed by atoms with Crippen LogP contribution in [0.5, 0.6) is 5.75 Å². The third kappa shape index (κ3) is 2.80. The van der Waals surface area contributed by atoms with Crippen molar-refractivity contribution in [3.8, 4) is 5.75 Å². The van der Waals surface area contributed by atoms with Gasteiger partial charge in [0.2, 0.25) is 0 Å². The van der Waals surface area contributed by atoms with Gasteiger partial charge in [0.25, 0.3) is 5.56 Å². The maximum absolute atomic E-state index is 11.9. The van der Waals surface area contributed by atoms with Crippen molar-refractivity contribution in [1.82, 2.24) is 14.3 Å². The summed E-state index contributed by atoms with van der Waals surface area (Å²) < 4.78 is 8.55. The smallest absolute Gasteiger partial charge is 0.292 e. The number of nitrogens with zero attached hydrogens (tertiary/aromatic N) is 3. The fraction of sp³-hybridized carbons (Fsp3) is 0.385. The lowest BCUT2D eigenvalue weighted by molar-refractivity contribution is 0.400. The van der Waals surface area contributed by atoms with Crippen LogP contribution in [-0.2, 0) is 13.1 Å². The number of aryl methyl sites for hydroxylation is 3. The number of rotatable bonds is 5. The maximum atomic E-state index is 11.9. The molecular weight excluding hydrogens is 230 g/mol. The second kappa shape index (κ2) is 5.53. The third-order valence-electron chi connectivity index (χ3n) is 2.75. The van der Waals surface area contributed by atoms with Crippen molar-refractivity contribution in [1.29, 1.82) is 0 Å². The van der Waals surface area contributed by atoms with E-state index >= 15 is 0 Å². The Morgan fingerprint density at radius 1 is 1.39 bits per heavy atom. The topological polar surface area (TPSA) is 49.0 Å². The Hall–Kier alpha value is -2.04. The molecule has 0 saturated heterocycles. The lowest BCUT2D eigenvalue weighted by atomic mass is 10.3. The van der Waals surface area contributed by atoms with E-state index in [0.29, 0.717) is 12.3 Å². The number of ether oxygens (including phenoxy) is 1. The van der Waals surface area contributed by atoms with E-state index in [4.69, 9.17) is 4.74 Å². The molecule has 2 rings (SSSR count). The molecule has 0 aliphatic heterocycles. The molecule has 0 saturated carbocycles. The Balaban J connectivity index is 1.96. The molecule has 18 heavy (non-hydrogen) atoms. The molecule has 0 aliphatic rings. The Bertz CT molecular complexity index is 572. The van der Waals surface area contributed by atoms with Gasteiger partial charge in [0.05, 0.1) is 13.3 Å². The molecule has 0 fully saturated rings. The van der Waals surface area contributed by atoms with Crippen LogP contribution in [0, 0.1) is 6.92 Å². The molecule has 0 N–H and O–H groups in total. The summed E-state index contributed by atoms with van der Waals surface area (Å²) in [4.78, 5) is 11.9. The van der Waals surface area contributed by atoms with E-state index in [1.54, 1.807) is 16.8 Å². The molecule has 0 aliphatic carbocycles. The molecule has 0 aromatic carbocycles. The highest BCUT2D eigenvalue weighted by Gasteiger charge is 2.02. The third-order valence-corrected chi connectivity index (χ3v) is 2.75. The van der Waals surface area contributed by atoms with Crippen LogP contribution in [0.25, 0.3) is 0 Å². The van der Waals surface area contributed by atoms with E-state index in [1.165, 1.54) is 7.11 Å². The van der Waals surface area contributed by atoms with Crippen LogP contribution in [0.2, 0.25) is 0 Å². The van der Waals surface area contributed by atoms with Crippen LogP contribution in [-0.4, -0.2) is 21.5 Å². The summed E-state index contributed by atoms with van der Waals surface area (Å²) in [6.07, 6.45) is 6.46. The molecule has 2 aromatic heterocycles. The predicted octanol–water partition coefficient (Wildman–Crippen LogP) is 1.45. The van der Waals surface area contributed by atoms with Crippen LogP contribution < -0.4 is 10.3 Å². The van der Waals surface area contributed by atoms with Gasteiger partial charge < -0.3 is 9.30 Å². The minimum absolute atomic E-state index is 0.0864. The van der Waals surface area contributed by atoms with E-state index in [2.05, 4.69) is 5.10 Å². The monoisotopic (exact) mass is 247 g/mol. The first-order chi connectivity index (χ1) is 8.70. The summed E-state index contributed by atoms with van der Waals surface area (Å²) in [5.41, 5.74) is 1.06. The Morgan fingerprint density at radius 2 is 2.22 bits per heavy atom. The first-order valence-corrected chi connectivity index (χ1v) is 5.93. The summed E-state index contributed by atoms with van der Waals surface area (Å²) in [5.74, 6) is 0.382. The van der Waals surface area contributed by atoms with E-state index in [1.807, 2.05) is 30.1 Å². The molecule has 0 spiro atoms. The molecule has 0 atom stereocenters. The predicted molar refractivity (Wildman–Crippen MR) is 68.8 cm³/mol. The van der Waals surface area contributed by atoms with Gasteiger partial charge in [-0.1, -0.05) is 0 Å². The zero-order valence-electron chi connectivity index (χ0n) is 10.7. The van der Waals surface area contributed by atoms with Crippen molar-refractivity contribution in [2.24, 2.45) is 0 Å². The van der Waals surface area contributed by atoms with Gasteiger partial charge in [-0.15, -0.1) is 0 Å². The van der Waals surface area contributed by atoms with Gasteiger partial charge >= 0.3 is 0 Å². The fourth-order valence-corrected chi connectivity index (χ4v) is 1.84. The van der Waals surface area contributed by atoms with E-state index in [-0.39, 0.29) is 5.56 Å². The molecule has 2 heterocycles. The second-order valence-corrected chi connectivity index (χ2v) is 4.21. The summed E-state index contributed by atoms with van der Waals surface area (Å²) in [5, 5.41) is 4.21. The fourth-order valence-electron chi connectivity index (χ4n) is 1.84. The van der Waals surface area contributed by atoms with Gasteiger partial charge in [-0.2, -0.15) is 5.10 Å². The quantitative estimate of drug-likeness (QED) is 0.803. The molecule has 5 nitrogen and oxygen atoms in total. The summed E-state index contributed by atoms with van der Waals surface area (Å²) in [7, 11) is 1.51. The van der Waals surface area contributed by atoms with E-state index < -0.39 is 0 Å². The second-order valence-electron chi connectivity index (χ2n) is 4.21. The highest BCUT2D eigenvalue weighted by Crippen LogP contribution is 2.02. The standard InChI is InChI=1S/C13H17N3O2/c1-11-9-14-16(10-11)8-4-7-15-6-3-5-12(18-2)13(15)17/h3,5-6,9-10H,4,7-8H2,1-2H3. The van der Waals surface area contributed by atoms with Crippen LogP contribution in [0.4, 0.5) is 0 Å². The molecule has 96 valence electrons. The number of aromatic nitrogens is 3. The highest BCUT2D eigenvalue weighted by atomic mass is 16.5. The van der Waals surface area contributed by atoms with Gasteiger partial charge in [-0.05, 0) is 31.0 Å². The zero-order valence-corrected chi connectivity index (χ0v) is 10.7. The van der Waals surface area contributed by atoms with Gasteiger partial charge in [-0.25, -0.2) is 0 Å². The lowest BCUT2D eigenvalue weighted by Crippen LogP contribution is -2.21. The van der Waals surface area contributed by atoms with Crippen molar-refractivity contribution in [2.45, 2.75) is 26.4 Å². The largest absolute Gasteiger partial charge is 0.491 e. The van der Waals surface area contributed by atoms with Crippen molar-refractivity contribution < 1.29 is 4.74 Å². The first kappa shape index (κ1) is 12.4. The van der Waals surface area contributed by atoms with Crippen molar-refractivity contribution >= 4 is 0 Å². The highest BCUT2D eigenvalue weighted by molar-refractivity contribution is 5.16. The van der Waals surface area contributed by atoms with Crippen LogP contribution in [0.1, 0.15) is 12.0 Å². The van der Waals surface area contributed by atoms with Crippen molar-refractivity contribution in [2.75, 3.05) is 7.11 Å². The Kier molecular flexibility index (Phi) is 3.82. The van der Waals surface area contributed by atoms with Crippen LogP contribution in [0.3, 0.4) is 0 Å². The Labute approximate surface area is 106 Å². The van der Waals surface area contributed by atoms with Gasteiger partial charge in [0.15, 0.2) is 5.75 Å². The molecule has 0 amide bonds. The number of pyridine rings is 1. The molecule has 0 radical (unpaired) electrons. The van der Waals surface area contributed by atoms with Gasteiger partial charge in [-0.3, -0.25) is 9.48 Å². The zero-order chi connectivity index (χ0) is 13.0. The molecule has 0 bridgehead atoms. The number of hydrogen-bond acceptors (Lipinski definition) is 3. The summed E-state index contributed by atoms with van der Waals surface area (Å²) in [6.45, 7) is 3.47.